The molecule has 1 fully saturated rings. The number of nitrogens with two attached hydrogens (primary N) is 1. The summed E-state index contributed by atoms with van der Waals surface area (Å²) < 4.78 is 82.0. The first-order chi connectivity index (χ1) is 32.3. The van der Waals surface area contributed by atoms with Crippen LogP contribution in [0.5, 0.6) is 17.4 Å². The summed E-state index contributed by atoms with van der Waals surface area (Å²) in [6.45, 7) is 15.1. The number of likely N-dealkylation sites (tertiary alicyclic amines) is 1. The van der Waals surface area contributed by atoms with Crippen LogP contribution in [0.25, 0.3) is 0 Å². The maximum absolute atomic E-state index is 16.0. The molecule has 0 spiro atoms. The second-order valence-corrected chi connectivity index (χ2v) is 26.2. The normalized spacial score (nSPS) is 24.7. The fourth-order valence-corrected chi connectivity index (χ4v) is 12.1. The standard InChI is InChI=1S/C51H59F3N4O10Si/c1-48(2,3)66-47(62)58-24-29-20-21-57(7)38(29)35-39(58)43(63-25-27-16-12-10-13-17-27)34-31(41(35)65-51(52,53)54)22-30-23-32-37(55)42-36(46(56-67-42)64-26-28-18-14-11-15-19-28)45(61)50(32,44(60)33(30)40(34)59)68-69(8,9)49(4,5)6/h10-19,29-30,32,37-38,60H,20-26,55H2,1-9H3/t29?,30-,32-,37-,38?,50-/m0/s1. The summed E-state index contributed by atoms with van der Waals surface area (Å²) in [7, 11) is -1.35. The number of anilines is 1. The van der Waals surface area contributed by atoms with Gasteiger partial charge < -0.3 is 38.7 Å². The minimum absolute atomic E-state index is 0.00237. The van der Waals surface area contributed by atoms with Crippen molar-refractivity contribution in [3.8, 4) is 17.4 Å². The molecule has 18 heteroatoms. The molecule has 4 aromatic rings. The largest absolute Gasteiger partial charge is 0.573 e. The van der Waals surface area contributed by atoms with Crippen LogP contribution >= 0.6 is 0 Å². The van der Waals surface area contributed by atoms with Crippen LogP contribution in [-0.2, 0) is 28.8 Å². The first-order valence-electron chi connectivity index (χ1n) is 23.3. The smallest absolute Gasteiger partial charge is 0.508 e. The third-order valence-electron chi connectivity index (χ3n) is 14.8. The van der Waals surface area contributed by atoms with Crippen molar-refractivity contribution in [1.82, 2.24) is 10.1 Å². The molecule has 2 unspecified atom stereocenters. The summed E-state index contributed by atoms with van der Waals surface area (Å²) in [5, 5.41) is 16.8. The molecule has 1 saturated heterocycles. The van der Waals surface area contributed by atoms with Gasteiger partial charge in [-0.05, 0) is 99.9 Å². The molecule has 3 aliphatic carbocycles. The van der Waals surface area contributed by atoms with Crippen molar-refractivity contribution in [1.29, 1.82) is 0 Å². The maximum atomic E-state index is 16.0. The van der Waals surface area contributed by atoms with E-state index in [0.29, 0.717) is 18.5 Å². The Morgan fingerprint density at radius 1 is 0.942 bits per heavy atom. The molecule has 9 rings (SSSR count). The molecular formula is C51H59F3N4O10Si. The lowest BCUT2D eigenvalue weighted by atomic mass is 9.58. The number of aromatic nitrogens is 1. The van der Waals surface area contributed by atoms with Gasteiger partial charge in [-0.3, -0.25) is 19.4 Å². The lowest BCUT2D eigenvalue weighted by molar-refractivity contribution is -0.275. The van der Waals surface area contributed by atoms with Gasteiger partial charge in [-0.2, -0.15) is 0 Å². The molecule has 5 aliphatic rings. The van der Waals surface area contributed by atoms with Crippen molar-refractivity contribution in [3.05, 3.63) is 111 Å². The van der Waals surface area contributed by atoms with E-state index < -0.39 is 84.0 Å². The molecule has 3 aromatic carbocycles. The second-order valence-electron chi connectivity index (χ2n) is 21.5. The number of ether oxygens (including phenoxy) is 4. The maximum Gasteiger partial charge on any atom is 0.573 e. The second kappa shape index (κ2) is 17.0. The first-order valence-corrected chi connectivity index (χ1v) is 26.2. The molecule has 0 saturated carbocycles. The van der Waals surface area contributed by atoms with Crippen molar-refractivity contribution in [2.75, 3.05) is 25.0 Å². The zero-order valence-corrected chi connectivity index (χ0v) is 41.3. The number of alkyl halides is 3. The minimum Gasteiger partial charge on any atom is -0.508 e. The van der Waals surface area contributed by atoms with Crippen LogP contribution in [0.3, 0.4) is 0 Å². The Morgan fingerprint density at radius 3 is 2.16 bits per heavy atom. The molecule has 3 heterocycles. The Balaban J connectivity index is 1.30. The van der Waals surface area contributed by atoms with Gasteiger partial charge >= 0.3 is 12.5 Å². The lowest BCUT2D eigenvalue weighted by Gasteiger charge is -2.54. The molecule has 1 aromatic heterocycles. The van der Waals surface area contributed by atoms with Crippen LogP contribution in [-0.4, -0.2) is 78.8 Å². The van der Waals surface area contributed by atoms with Crippen molar-refractivity contribution < 1.29 is 60.6 Å². The fourth-order valence-electron chi connectivity index (χ4n) is 10.7. The third-order valence-corrected chi connectivity index (χ3v) is 19.2. The van der Waals surface area contributed by atoms with E-state index in [9.17, 15) is 9.90 Å². The lowest BCUT2D eigenvalue weighted by Crippen LogP contribution is -2.64. The van der Waals surface area contributed by atoms with Gasteiger partial charge in [0.15, 0.2) is 31.2 Å². The highest BCUT2D eigenvalue weighted by Crippen LogP contribution is 2.62. The number of aliphatic hydroxyl groups is 1. The molecular weight excluding hydrogens is 914 g/mol. The number of aliphatic hydroxyl groups excluding tert-OH is 1. The van der Waals surface area contributed by atoms with E-state index in [1.165, 1.54) is 4.90 Å². The Labute approximate surface area is 400 Å². The van der Waals surface area contributed by atoms with Gasteiger partial charge in [-0.1, -0.05) is 81.4 Å². The average molecular weight is 973 g/mol. The molecule has 6 atom stereocenters. The summed E-state index contributed by atoms with van der Waals surface area (Å²) in [5.41, 5.74) is 4.31. The van der Waals surface area contributed by atoms with E-state index in [0.717, 1.165) is 5.56 Å². The molecule has 1 amide bonds. The zero-order chi connectivity index (χ0) is 49.7. The number of allylic oxidation sites excluding steroid dienone is 1. The highest BCUT2D eigenvalue weighted by molar-refractivity contribution is 6.74. The monoisotopic (exact) mass is 972 g/mol. The Kier molecular flexibility index (Phi) is 11.9. The number of rotatable bonds is 9. The Bertz CT molecular complexity index is 2730. The van der Waals surface area contributed by atoms with Gasteiger partial charge in [-0.25, -0.2) is 4.79 Å². The number of Topliss-reactive ketones (excluding diaryl/α,β-unsaturated/α-hetero) is 2. The number of carbonyl (C=O) groups is 3. The minimum atomic E-state index is -5.25. The van der Waals surface area contributed by atoms with E-state index in [-0.39, 0.29) is 89.4 Å². The number of nitrogens with zero attached hydrogens (tertiary/aromatic N) is 3. The van der Waals surface area contributed by atoms with E-state index in [4.69, 9.17) is 33.6 Å². The highest BCUT2D eigenvalue weighted by Gasteiger charge is 2.67. The van der Waals surface area contributed by atoms with Gasteiger partial charge in [-0.15, -0.1) is 13.2 Å². The molecule has 2 aliphatic heterocycles. The number of ketones is 2. The number of hydrogen-bond donors (Lipinski definition) is 2. The Hall–Kier alpha value is -5.69. The summed E-state index contributed by atoms with van der Waals surface area (Å²) in [5.74, 6) is -5.87. The predicted octanol–water partition coefficient (Wildman–Crippen LogP) is 10.3. The number of carbonyl (C=O) groups excluding carboxylic acids is 3. The van der Waals surface area contributed by atoms with Crippen LogP contribution in [0.2, 0.25) is 18.1 Å². The van der Waals surface area contributed by atoms with Crippen LogP contribution in [0.15, 0.2) is 76.5 Å². The molecule has 368 valence electrons. The van der Waals surface area contributed by atoms with Crippen molar-refractivity contribution in [2.24, 2.45) is 23.5 Å². The van der Waals surface area contributed by atoms with Crippen molar-refractivity contribution >= 4 is 31.7 Å². The number of halogens is 3. The Morgan fingerprint density at radius 2 is 1.57 bits per heavy atom. The molecule has 0 bridgehead atoms. The van der Waals surface area contributed by atoms with Crippen LogP contribution in [0.4, 0.5) is 23.7 Å². The van der Waals surface area contributed by atoms with E-state index >= 15 is 22.8 Å². The van der Waals surface area contributed by atoms with Gasteiger partial charge in [0.25, 0.3) is 5.88 Å². The van der Waals surface area contributed by atoms with Crippen molar-refractivity contribution in [3.63, 3.8) is 0 Å². The average Bonchev–Trinajstić information content (AvgIpc) is 3.87. The quantitative estimate of drug-likeness (QED) is 0.152. The predicted molar refractivity (Wildman–Crippen MR) is 250 cm³/mol. The van der Waals surface area contributed by atoms with E-state index in [1.807, 2.05) is 75.2 Å². The van der Waals surface area contributed by atoms with Crippen molar-refractivity contribution in [2.45, 2.75) is 122 Å². The molecule has 14 nitrogen and oxygen atoms in total. The van der Waals surface area contributed by atoms with E-state index in [2.05, 4.69) is 5.16 Å². The van der Waals surface area contributed by atoms with Gasteiger partial charge in [0.2, 0.25) is 5.78 Å². The highest BCUT2D eigenvalue weighted by atomic mass is 28.4. The van der Waals surface area contributed by atoms with Crippen LogP contribution in [0, 0.1) is 17.8 Å². The van der Waals surface area contributed by atoms with Crippen LogP contribution < -0.4 is 24.8 Å². The van der Waals surface area contributed by atoms with Gasteiger partial charge in [0.05, 0.1) is 17.3 Å². The third kappa shape index (κ3) is 8.29. The van der Waals surface area contributed by atoms with Crippen LogP contribution in [0.1, 0.15) is 115 Å². The number of amides is 1. The molecule has 0 radical (unpaired) electrons. The van der Waals surface area contributed by atoms with Gasteiger partial charge in [0.1, 0.15) is 35.9 Å². The summed E-state index contributed by atoms with van der Waals surface area (Å²) in [6, 6.07) is 16.3. The van der Waals surface area contributed by atoms with E-state index in [1.54, 1.807) is 52.1 Å². The molecule has 3 N–H and O–H groups in total. The first kappa shape index (κ1) is 48.3. The summed E-state index contributed by atoms with van der Waals surface area (Å²) >= 11 is 0. The topological polar surface area (TPSA) is 176 Å². The SMILES string of the molecule is CN1CCC2CN(C(=O)OC(C)(C)C)c3c(OCc4ccccc4)c4c(c(OC(F)(F)F)c3C21)C[C@H]1C[C@H]2[C@H](N)c3onc(OCc5ccccc5)c3C(=O)[C@@]2(O[Si](C)(C)C(C)(C)C)C(O)=C1C4=O. The summed E-state index contributed by atoms with van der Waals surface area (Å²) in [4.78, 5) is 49.3. The van der Waals surface area contributed by atoms with Gasteiger partial charge in [0, 0.05) is 35.2 Å². The number of fused-ring (bicyclic) bond motifs is 7. The summed E-state index contributed by atoms with van der Waals surface area (Å²) in [6.07, 6.45) is -5.96. The zero-order valence-electron chi connectivity index (χ0n) is 40.3. The number of benzene rings is 3. The number of hydrogen-bond acceptors (Lipinski definition) is 13. The molecule has 69 heavy (non-hydrogen) atoms. The fraction of sp³-hybridized carbons (Fsp3) is 0.490.